The van der Waals surface area contributed by atoms with Crippen molar-refractivity contribution in [3.63, 3.8) is 0 Å². The number of amides is 1. The van der Waals surface area contributed by atoms with Gasteiger partial charge in [0.2, 0.25) is 11.9 Å². The minimum absolute atomic E-state index is 0.105. The lowest BCUT2D eigenvalue weighted by molar-refractivity contribution is -0.118. The highest BCUT2D eigenvalue weighted by atomic mass is 32.2. The third-order valence-electron chi connectivity index (χ3n) is 4.19. The van der Waals surface area contributed by atoms with E-state index in [0.717, 1.165) is 37.6 Å². The Kier molecular flexibility index (Phi) is 6.12. The first-order valence-electron chi connectivity index (χ1n) is 8.73. The topological polar surface area (TPSA) is 86.8 Å². The van der Waals surface area contributed by atoms with Gasteiger partial charge in [-0.1, -0.05) is 29.5 Å². The Hall–Kier alpha value is -2.53. The van der Waals surface area contributed by atoms with Crippen molar-refractivity contribution >= 4 is 23.6 Å². The number of aryl methyl sites for hydroxylation is 1. The molecular formula is C18H22N6OS. The molecule has 1 aliphatic rings. The lowest BCUT2D eigenvalue weighted by Gasteiger charge is -2.18. The molecule has 2 heterocycles. The van der Waals surface area contributed by atoms with Crippen molar-refractivity contribution in [2.75, 3.05) is 30.3 Å². The molecule has 0 aliphatic carbocycles. The highest BCUT2D eigenvalue weighted by Gasteiger charge is 2.22. The number of rotatable bonds is 7. The summed E-state index contributed by atoms with van der Waals surface area (Å²) in [4.78, 5) is 14.2. The van der Waals surface area contributed by atoms with Gasteiger partial charge >= 0.3 is 0 Å². The van der Waals surface area contributed by atoms with Gasteiger partial charge in [0.15, 0.2) is 5.16 Å². The van der Waals surface area contributed by atoms with Crippen LogP contribution in [0.15, 0.2) is 29.4 Å². The lowest BCUT2D eigenvalue weighted by Crippen LogP contribution is -2.26. The number of hydrogen-bond acceptors (Lipinski definition) is 6. The summed E-state index contributed by atoms with van der Waals surface area (Å²) in [5.41, 5.74) is 2.19. The van der Waals surface area contributed by atoms with Gasteiger partial charge in [0.1, 0.15) is 0 Å². The quantitative estimate of drug-likeness (QED) is 0.594. The van der Waals surface area contributed by atoms with Gasteiger partial charge < -0.3 is 10.2 Å². The Bertz CT molecular complexity index is 789. The summed E-state index contributed by atoms with van der Waals surface area (Å²) < 4.78 is 2.03. The van der Waals surface area contributed by atoms with E-state index in [1.54, 1.807) is 0 Å². The fraction of sp³-hybridized carbons (Fsp3) is 0.444. The zero-order valence-electron chi connectivity index (χ0n) is 14.8. The van der Waals surface area contributed by atoms with Crippen molar-refractivity contribution in [1.29, 1.82) is 5.26 Å². The van der Waals surface area contributed by atoms with Crippen molar-refractivity contribution in [1.82, 2.24) is 20.1 Å². The Balaban J connectivity index is 1.79. The van der Waals surface area contributed by atoms with Gasteiger partial charge in [-0.05, 0) is 31.9 Å². The van der Waals surface area contributed by atoms with Crippen LogP contribution in [0.5, 0.6) is 0 Å². The number of nitrogens with one attached hydrogen (secondary N) is 1. The Morgan fingerprint density at radius 1 is 1.27 bits per heavy atom. The van der Waals surface area contributed by atoms with E-state index in [-0.39, 0.29) is 11.7 Å². The Labute approximate surface area is 157 Å². The predicted octanol–water partition coefficient (Wildman–Crippen LogP) is 2.30. The minimum Gasteiger partial charge on any atom is -0.354 e. The van der Waals surface area contributed by atoms with Gasteiger partial charge in [-0.2, -0.15) is 5.26 Å². The molecule has 8 heteroatoms. The molecule has 1 aromatic heterocycles. The van der Waals surface area contributed by atoms with Crippen LogP contribution >= 0.6 is 11.8 Å². The van der Waals surface area contributed by atoms with Gasteiger partial charge in [0.25, 0.3) is 0 Å². The van der Waals surface area contributed by atoms with E-state index in [2.05, 4.69) is 51.6 Å². The predicted molar refractivity (Wildman–Crippen MR) is 102 cm³/mol. The van der Waals surface area contributed by atoms with E-state index in [1.807, 2.05) is 10.6 Å². The second kappa shape index (κ2) is 8.72. The summed E-state index contributed by atoms with van der Waals surface area (Å²) in [6.45, 7) is 4.38. The number of anilines is 1. The van der Waals surface area contributed by atoms with Crippen LogP contribution in [0.2, 0.25) is 0 Å². The SMILES string of the molecule is Cc1ccc(-n2c(SCC(=O)NCCC#N)nnc2N2CCCC2)cc1. The number of aromatic nitrogens is 3. The largest absolute Gasteiger partial charge is 0.354 e. The van der Waals surface area contributed by atoms with Crippen molar-refractivity contribution in [3.8, 4) is 11.8 Å². The summed E-state index contributed by atoms with van der Waals surface area (Å²) in [6.07, 6.45) is 2.63. The maximum absolute atomic E-state index is 11.9. The Morgan fingerprint density at radius 2 is 2.00 bits per heavy atom. The number of carbonyl (C=O) groups is 1. The molecule has 1 saturated heterocycles. The first-order valence-corrected chi connectivity index (χ1v) is 9.71. The zero-order chi connectivity index (χ0) is 18.4. The molecule has 0 atom stereocenters. The average Bonchev–Trinajstić information content (AvgIpc) is 3.30. The molecule has 0 radical (unpaired) electrons. The molecule has 2 aromatic rings. The van der Waals surface area contributed by atoms with Crippen LogP contribution in [-0.2, 0) is 4.79 Å². The third kappa shape index (κ3) is 4.35. The van der Waals surface area contributed by atoms with E-state index in [1.165, 1.54) is 17.3 Å². The molecule has 7 nitrogen and oxygen atoms in total. The van der Waals surface area contributed by atoms with Gasteiger partial charge in [-0.3, -0.25) is 9.36 Å². The van der Waals surface area contributed by atoms with Gasteiger partial charge in [0.05, 0.1) is 23.9 Å². The molecule has 1 fully saturated rings. The second-order valence-electron chi connectivity index (χ2n) is 6.19. The summed E-state index contributed by atoms with van der Waals surface area (Å²) in [5.74, 6) is 0.972. The molecular weight excluding hydrogens is 348 g/mol. The molecule has 1 amide bonds. The fourth-order valence-electron chi connectivity index (χ4n) is 2.84. The molecule has 0 unspecified atom stereocenters. The Morgan fingerprint density at radius 3 is 2.69 bits per heavy atom. The maximum atomic E-state index is 11.9. The third-order valence-corrected chi connectivity index (χ3v) is 5.12. The fourth-order valence-corrected chi connectivity index (χ4v) is 3.61. The van der Waals surface area contributed by atoms with Crippen LogP contribution in [-0.4, -0.2) is 46.1 Å². The summed E-state index contributed by atoms with van der Waals surface area (Å²) >= 11 is 1.36. The number of thioether (sulfide) groups is 1. The monoisotopic (exact) mass is 370 g/mol. The summed E-state index contributed by atoms with van der Waals surface area (Å²) in [5, 5.41) is 20.7. The van der Waals surface area contributed by atoms with Crippen molar-refractivity contribution in [3.05, 3.63) is 29.8 Å². The van der Waals surface area contributed by atoms with Crippen LogP contribution < -0.4 is 10.2 Å². The highest BCUT2D eigenvalue weighted by Crippen LogP contribution is 2.28. The van der Waals surface area contributed by atoms with Crippen molar-refractivity contribution in [2.24, 2.45) is 0 Å². The van der Waals surface area contributed by atoms with E-state index >= 15 is 0 Å². The van der Waals surface area contributed by atoms with E-state index in [0.29, 0.717) is 18.1 Å². The van der Waals surface area contributed by atoms with Gasteiger partial charge in [-0.15, -0.1) is 10.2 Å². The number of nitriles is 1. The standard InChI is InChI=1S/C18H22N6OS/c1-14-5-7-15(8-6-14)24-17(23-11-2-3-12-23)21-22-18(24)26-13-16(25)20-10-4-9-19/h5-8H,2-4,10-13H2,1H3,(H,20,25). The molecule has 3 rings (SSSR count). The highest BCUT2D eigenvalue weighted by molar-refractivity contribution is 7.99. The molecule has 0 spiro atoms. The first-order chi connectivity index (χ1) is 12.7. The van der Waals surface area contributed by atoms with E-state index < -0.39 is 0 Å². The molecule has 1 N–H and O–H groups in total. The van der Waals surface area contributed by atoms with Crippen LogP contribution in [0.4, 0.5) is 5.95 Å². The zero-order valence-corrected chi connectivity index (χ0v) is 15.6. The van der Waals surface area contributed by atoms with Gasteiger partial charge in [0, 0.05) is 19.6 Å². The maximum Gasteiger partial charge on any atom is 0.232 e. The first kappa shape index (κ1) is 18.3. The van der Waals surface area contributed by atoms with Crippen LogP contribution in [0.3, 0.4) is 0 Å². The molecule has 136 valence electrons. The normalized spacial score (nSPS) is 13.6. The van der Waals surface area contributed by atoms with Crippen LogP contribution in [0.1, 0.15) is 24.8 Å². The molecule has 1 aromatic carbocycles. The molecule has 26 heavy (non-hydrogen) atoms. The molecule has 0 saturated carbocycles. The second-order valence-corrected chi connectivity index (χ2v) is 7.14. The van der Waals surface area contributed by atoms with E-state index in [4.69, 9.17) is 5.26 Å². The molecule has 1 aliphatic heterocycles. The number of nitrogens with zero attached hydrogens (tertiary/aromatic N) is 5. The minimum atomic E-state index is -0.105. The smallest absolute Gasteiger partial charge is 0.232 e. The lowest BCUT2D eigenvalue weighted by atomic mass is 10.2. The summed E-state index contributed by atoms with van der Waals surface area (Å²) in [6, 6.07) is 10.2. The number of benzene rings is 1. The summed E-state index contributed by atoms with van der Waals surface area (Å²) in [7, 11) is 0. The van der Waals surface area contributed by atoms with Crippen molar-refractivity contribution in [2.45, 2.75) is 31.3 Å². The number of carbonyl (C=O) groups excluding carboxylic acids is 1. The van der Waals surface area contributed by atoms with Crippen molar-refractivity contribution < 1.29 is 4.79 Å². The van der Waals surface area contributed by atoms with Crippen LogP contribution in [0.25, 0.3) is 5.69 Å². The van der Waals surface area contributed by atoms with E-state index in [9.17, 15) is 4.79 Å². The number of hydrogen-bond donors (Lipinski definition) is 1. The molecule has 0 bridgehead atoms. The van der Waals surface area contributed by atoms with Crippen LogP contribution in [0, 0.1) is 18.3 Å². The van der Waals surface area contributed by atoms with Gasteiger partial charge in [-0.25, -0.2) is 0 Å². The average molecular weight is 370 g/mol.